The van der Waals surface area contributed by atoms with Gasteiger partial charge in [-0.3, -0.25) is 0 Å². The number of aliphatic hydroxyl groups excluding tert-OH is 1. The van der Waals surface area contributed by atoms with Crippen molar-refractivity contribution in [2.24, 2.45) is 29.6 Å². The van der Waals surface area contributed by atoms with Crippen LogP contribution in [-0.2, 0) is 0 Å². The summed E-state index contributed by atoms with van der Waals surface area (Å²) in [7, 11) is 0. The molecule has 2 nitrogen and oxygen atoms in total. The van der Waals surface area contributed by atoms with Crippen molar-refractivity contribution < 1.29 is 5.11 Å². The summed E-state index contributed by atoms with van der Waals surface area (Å²) in [6, 6.07) is 1.42. The molecule has 6 unspecified atom stereocenters. The summed E-state index contributed by atoms with van der Waals surface area (Å²) in [6.07, 6.45) is 11.3. The van der Waals surface area contributed by atoms with Gasteiger partial charge in [0.05, 0.1) is 0 Å². The molecule has 0 aliphatic heterocycles. The van der Waals surface area contributed by atoms with Crippen molar-refractivity contribution in [3.8, 4) is 0 Å². The Labute approximate surface area is 111 Å². The van der Waals surface area contributed by atoms with Crippen LogP contribution in [0.2, 0.25) is 0 Å². The van der Waals surface area contributed by atoms with E-state index in [1.807, 2.05) is 0 Å². The second kappa shape index (κ2) is 4.49. The SMILES string of the molecule is OCCC(NC1CC2CC1C1CCCC21)C1CC1. The molecule has 6 atom stereocenters. The average molecular weight is 249 g/mol. The Hall–Kier alpha value is -0.0800. The fourth-order valence-corrected chi connectivity index (χ4v) is 5.63. The summed E-state index contributed by atoms with van der Waals surface area (Å²) >= 11 is 0. The molecule has 4 saturated carbocycles. The fraction of sp³-hybridized carbons (Fsp3) is 1.00. The Kier molecular flexibility index (Phi) is 2.92. The summed E-state index contributed by atoms with van der Waals surface area (Å²) in [5.74, 6) is 5.09. The highest BCUT2D eigenvalue weighted by molar-refractivity contribution is 5.06. The van der Waals surface area contributed by atoms with Gasteiger partial charge in [-0.25, -0.2) is 0 Å². The van der Waals surface area contributed by atoms with Crippen molar-refractivity contribution in [3.05, 3.63) is 0 Å². The van der Waals surface area contributed by atoms with Crippen LogP contribution in [0.1, 0.15) is 51.4 Å². The van der Waals surface area contributed by atoms with E-state index in [2.05, 4.69) is 5.32 Å². The molecule has 0 spiro atoms. The van der Waals surface area contributed by atoms with Gasteiger partial charge in [-0.2, -0.15) is 0 Å². The van der Waals surface area contributed by atoms with E-state index in [9.17, 15) is 5.11 Å². The van der Waals surface area contributed by atoms with Gasteiger partial charge in [0.15, 0.2) is 0 Å². The topological polar surface area (TPSA) is 32.3 Å². The maximum atomic E-state index is 9.23. The van der Waals surface area contributed by atoms with Crippen LogP contribution in [-0.4, -0.2) is 23.8 Å². The first-order valence-corrected chi connectivity index (χ1v) is 8.23. The van der Waals surface area contributed by atoms with Crippen molar-refractivity contribution in [3.63, 3.8) is 0 Å². The molecule has 4 aliphatic carbocycles. The molecule has 102 valence electrons. The molecule has 4 fully saturated rings. The van der Waals surface area contributed by atoms with Gasteiger partial charge in [0, 0.05) is 18.7 Å². The molecule has 0 aromatic carbocycles. The zero-order valence-corrected chi connectivity index (χ0v) is 11.4. The molecule has 0 saturated heterocycles. The number of hydrogen-bond donors (Lipinski definition) is 2. The Morgan fingerprint density at radius 3 is 2.61 bits per heavy atom. The molecule has 4 aliphatic rings. The zero-order valence-electron chi connectivity index (χ0n) is 11.4. The predicted molar refractivity (Wildman–Crippen MR) is 72.2 cm³/mol. The molecule has 2 heteroatoms. The highest BCUT2D eigenvalue weighted by atomic mass is 16.3. The standard InChI is InChI=1S/C16H27NO/c18-7-6-15(10-4-5-10)17-16-9-11-8-14(16)13-3-1-2-12(11)13/h10-18H,1-9H2. The lowest BCUT2D eigenvalue weighted by Gasteiger charge is -2.35. The van der Waals surface area contributed by atoms with Crippen LogP contribution in [0.5, 0.6) is 0 Å². The van der Waals surface area contributed by atoms with Gasteiger partial charge in [-0.05, 0) is 74.5 Å². The van der Waals surface area contributed by atoms with Gasteiger partial charge in [0.2, 0.25) is 0 Å². The minimum Gasteiger partial charge on any atom is -0.396 e. The molecule has 0 aromatic rings. The Morgan fingerprint density at radius 2 is 1.83 bits per heavy atom. The number of hydrogen-bond acceptors (Lipinski definition) is 2. The van der Waals surface area contributed by atoms with E-state index in [4.69, 9.17) is 0 Å². The summed E-state index contributed by atoms with van der Waals surface area (Å²) in [5, 5.41) is 13.2. The summed E-state index contributed by atoms with van der Waals surface area (Å²) in [5.41, 5.74) is 0. The third-order valence-electron chi connectivity index (χ3n) is 6.49. The summed E-state index contributed by atoms with van der Waals surface area (Å²) in [4.78, 5) is 0. The second-order valence-corrected chi connectivity index (χ2v) is 7.38. The van der Waals surface area contributed by atoms with Gasteiger partial charge in [0.25, 0.3) is 0 Å². The van der Waals surface area contributed by atoms with E-state index >= 15 is 0 Å². The monoisotopic (exact) mass is 249 g/mol. The van der Waals surface area contributed by atoms with Crippen molar-refractivity contribution in [2.75, 3.05) is 6.61 Å². The van der Waals surface area contributed by atoms with E-state index in [0.717, 1.165) is 42.1 Å². The predicted octanol–water partition coefficient (Wildman–Crippen LogP) is 2.56. The highest BCUT2D eigenvalue weighted by Gasteiger charge is 2.54. The number of nitrogens with one attached hydrogen (secondary N) is 1. The lowest BCUT2D eigenvalue weighted by atomic mass is 9.79. The Bertz CT molecular complexity index is 314. The van der Waals surface area contributed by atoms with Crippen LogP contribution in [0.3, 0.4) is 0 Å². The van der Waals surface area contributed by atoms with Gasteiger partial charge >= 0.3 is 0 Å². The molecule has 0 heterocycles. The maximum Gasteiger partial charge on any atom is 0.0445 e. The zero-order chi connectivity index (χ0) is 12.1. The van der Waals surface area contributed by atoms with E-state index in [1.165, 1.54) is 44.9 Å². The van der Waals surface area contributed by atoms with Crippen LogP contribution in [0, 0.1) is 29.6 Å². The van der Waals surface area contributed by atoms with Crippen LogP contribution in [0.25, 0.3) is 0 Å². The minimum atomic E-state index is 0.362. The third kappa shape index (κ3) is 1.84. The van der Waals surface area contributed by atoms with Crippen LogP contribution in [0.4, 0.5) is 0 Å². The van der Waals surface area contributed by atoms with Crippen molar-refractivity contribution in [1.82, 2.24) is 5.32 Å². The lowest BCUT2D eigenvalue weighted by molar-refractivity contribution is 0.180. The van der Waals surface area contributed by atoms with Crippen LogP contribution >= 0.6 is 0 Å². The molecular formula is C16H27NO. The highest BCUT2D eigenvalue weighted by Crippen LogP contribution is 2.58. The molecule has 0 radical (unpaired) electrons. The van der Waals surface area contributed by atoms with Gasteiger partial charge in [0.1, 0.15) is 0 Å². The smallest absolute Gasteiger partial charge is 0.0445 e. The first-order chi connectivity index (χ1) is 8.86. The number of rotatable bonds is 5. The van der Waals surface area contributed by atoms with Crippen molar-refractivity contribution in [1.29, 1.82) is 0 Å². The molecule has 2 N–H and O–H groups in total. The lowest BCUT2D eigenvalue weighted by Crippen LogP contribution is -2.45. The van der Waals surface area contributed by atoms with E-state index in [0.29, 0.717) is 12.6 Å². The normalized spacial score (nSPS) is 47.5. The molecule has 0 aromatic heterocycles. The van der Waals surface area contributed by atoms with Crippen LogP contribution in [0.15, 0.2) is 0 Å². The maximum absolute atomic E-state index is 9.23. The van der Waals surface area contributed by atoms with Crippen LogP contribution < -0.4 is 5.32 Å². The first-order valence-electron chi connectivity index (χ1n) is 8.23. The van der Waals surface area contributed by atoms with Crippen molar-refractivity contribution >= 4 is 0 Å². The molecule has 2 bridgehead atoms. The Morgan fingerprint density at radius 1 is 1.00 bits per heavy atom. The molecular weight excluding hydrogens is 222 g/mol. The third-order valence-corrected chi connectivity index (χ3v) is 6.49. The minimum absolute atomic E-state index is 0.362. The number of aliphatic hydroxyl groups is 1. The fourth-order valence-electron chi connectivity index (χ4n) is 5.63. The van der Waals surface area contributed by atoms with Crippen molar-refractivity contribution in [2.45, 2.75) is 63.5 Å². The number of fused-ring (bicyclic) bond motifs is 5. The molecule has 0 amide bonds. The van der Waals surface area contributed by atoms with E-state index in [-0.39, 0.29) is 0 Å². The quantitative estimate of drug-likeness (QED) is 0.785. The largest absolute Gasteiger partial charge is 0.396 e. The summed E-state index contributed by atoms with van der Waals surface area (Å²) in [6.45, 7) is 0.362. The van der Waals surface area contributed by atoms with Gasteiger partial charge in [-0.1, -0.05) is 6.42 Å². The van der Waals surface area contributed by atoms with Gasteiger partial charge < -0.3 is 10.4 Å². The summed E-state index contributed by atoms with van der Waals surface area (Å²) < 4.78 is 0. The van der Waals surface area contributed by atoms with E-state index in [1.54, 1.807) is 0 Å². The Balaban J connectivity index is 1.41. The van der Waals surface area contributed by atoms with E-state index < -0.39 is 0 Å². The molecule has 18 heavy (non-hydrogen) atoms. The van der Waals surface area contributed by atoms with Gasteiger partial charge in [-0.15, -0.1) is 0 Å². The average Bonchev–Trinajstić information content (AvgIpc) is 2.84. The first kappa shape index (κ1) is 11.7. The molecule has 4 rings (SSSR count). The second-order valence-electron chi connectivity index (χ2n) is 7.38.